The number of aliphatic imine (C=N–C) groups is 1. The predicted molar refractivity (Wildman–Crippen MR) is 91.9 cm³/mol. The molecule has 3 fully saturated rings. The summed E-state index contributed by atoms with van der Waals surface area (Å²) in [6, 6.07) is 0.708. The fourth-order valence-corrected chi connectivity index (χ4v) is 4.75. The summed E-state index contributed by atoms with van der Waals surface area (Å²) in [5.41, 5.74) is 1.53. The first-order valence-electron chi connectivity index (χ1n) is 8.77. The quantitative estimate of drug-likeness (QED) is 0.751. The van der Waals surface area contributed by atoms with Crippen LogP contribution in [0.15, 0.2) is 17.6 Å². The lowest BCUT2D eigenvalue weighted by Gasteiger charge is -2.51. The number of likely N-dealkylation sites (tertiary alicyclic amines) is 2. The van der Waals surface area contributed by atoms with Gasteiger partial charge in [-0.15, -0.1) is 0 Å². The van der Waals surface area contributed by atoms with Crippen LogP contribution < -0.4 is 0 Å². The number of rotatable bonds is 3. The molecule has 3 rings (SSSR count). The van der Waals surface area contributed by atoms with Gasteiger partial charge in [0.2, 0.25) is 0 Å². The molecule has 0 bridgehead atoms. The Bertz CT molecular complexity index is 488. The number of hydrogen-bond acceptors (Lipinski definition) is 4. The Morgan fingerprint density at radius 3 is 2.57 bits per heavy atom. The summed E-state index contributed by atoms with van der Waals surface area (Å²) in [6.07, 6.45) is 7.74. The normalized spacial score (nSPS) is 32.9. The van der Waals surface area contributed by atoms with Crippen LogP contribution in [0.1, 0.15) is 32.1 Å². The van der Waals surface area contributed by atoms with Gasteiger partial charge in [-0.2, -0.15) is 0 Å². The van der Waals surface area contributed by atoms with E-state index in [9.17, 15) is 4.79 Å². The van der Waals surface area contributed by atoms with Gasteiger partial charge in [0, 0.05) is 37.8 Å². The average molecular weight is 319 g/mol. The summed E-state index contributed by atoms with van der Waals surface area (Å²) < 4.78 is 4.85. The number of hydrogen-bond donors (Lipinski definition) is 0. The van der Waals surface area contributed by atoms with E-state index < -0.39 is 0 Å². The number of carbonyl (C=O) groups is 1. The van der Waals surface area contributed by atoms with Crippen LogP contribution in [-0.4, -0.2) is 68.0 Å². The van der Waals surface area contributed by atoms with Crippen molar-refractivity contribution < 1.29 is 9.53 Å². The van der Waals surface area contributed by atoms with Gasteiger partial charge in [0.15, 0.2) is 0 Å². The van der Waals surface area contributed by atoms with Crippen LogP contribution in [-0.2, 0) is 4.74 Å². The van der Waals surface area contributed by atoms with Crippen molar-refractivity contribution in [2.24, 2.45) is 16.3 Å². The van der Waals surface area contributed by atoms with Crippen LogP contribution in [0.2, 0.25) is 0 Å². The minimum absolute atomic E-state index is 0.165. The van der Waals surface area contributed by atoms with E-state index in [1.54, 1.807) is 0 Å². The number of carbonyl (C=O) groups excluding carboxylic acids is 1. The molecule has 3 aliphatic rings. The number of amides is 1. The lowest BCUT2D eigenvalue weighted by Crippen LogP contribution is -2.54. The summed E-state index contributed by atoms with van der Waals surface area (Å²) in [7, 11) is 3.34. The summed E-state index contributed by atoms with van der Waals surface area (Å²) in [5.74, 6) is 0.587. The van der Waals surface area contributed by atoms with E-state index in [4.69, 9.17) is 4.74 Å². The van der Waals surface area contributed by atoms with Crippen molar-refractivity contribution in [2.45, 2.75) is 38.1 Å². The minimum Gasteiger partial charge on any atom is -0.453 e. The highest BCUT2D eigenvalue weighted by molar-refractivity contribution is 5.96. The van der Waals surface area contributed by atoms with Gasteiger partial charge in [-0.05, 0) is 56.7 Å². The Morgan fingerprint density at radius 1 is 1.30 bits per heavy atom. The number of nitrogens with zero attached hydrogens (tertiary/aromatic N) is 3. The number of piperidine rings is 1. The van der Waals surface area contributed by atoms with Crippen molar-refractivity contribution >= 4 is 11.8 Å². The number of ether oxygens (including phenoxy) is 1. The SMILES string of the molecule is C=CC(=NC)C1CCN(C2CC3(CCN(C(=O)OC)C3)C2)CC1. The highest BCUT2D eigenvalue weighted by Gasteiger charge is 2.51. The third kappa shape index (κ3) is 3.16. The molecular weight excluding hydrogens is 290 g/mol. The third-order valence-electron chi connectivity index (χ3n) is 6.14. The first kappa shape index (κ1) is 16.5. The third-order valence-corrected chi connectivity index (χ3v) is 6.14. The maximum absolute atomic E-state index is 11.7. The molecule has 1 amide bonds. The van der Waals surface area contributed by atoms with E-state index >= 15 is 0 Å². The molecule has 0 unspecified atom stereocenters. The van der Waals surface area contributed by atoms with E-state index in [1.807, 2.05) is 18.0 Å². The first-order chi connectivity index (χ1) is 11.1. The molecule has 1 saturated carbocycles. The zero-order chi connectivity index (χ0) is 16.4. The molecule has 0 atom stereocenters. The molecule has 5 heteroatoms. The maximum Gasteiger partial charge on any atom is 0.409 e. The van der Waals surface area contributed by atoms with Gasteiger partial charge in [0.1, 0.15) is 0 Å². The van der Waals surface area contributed by atoms with Crippen molar-refractivity contribution in [3.63, 3.8) is 0 Å². The summed E-state index contributed by atoms with van der Waals surface area (Å²) in [4.78, 5) is 20.5. The Kier molecular flexibility index (Phi) is 4.76. The molecule has 0 aromatic heterocycles. The lowest BCUT2D eigenvalue weighted by atomic mass is 9.64. The highest BCUT2D eigenvalue weighted by atomic mass is 16.5. The fourth-order valence-electron chi connectivity index (χ4n) is 4.75. The molecule has 1 spiro atoms. The molecule has 128 valence electrons. The molecule has 0 N–H and O–H groups in total. The second-order valence-corrected chi connectivity index (χ2v) is 7.37. The smallest absolute Gasteiger partial charge is 0.409 e. The van der Waals surface area contributed by atoms with Gasteiger partial charge in [0.05, 0.1) is 7.11 Å². The molecule has 0 aromatic carbocycles. The molecule has 23 heavy (non-hydrogen) atoms. The number of methoxy groups -OCH3 is 1. The van der Waals surface area contributed by atoms with Crippen molar-refractivity contribution in [3.8, 4) is 0 Å². The lowest BCUT2D eigenvalue weighted by molar-refractivity contribution is -0.00493. The zero-order valence-electron chi connectivity index (χ0n) is 14.5. The Balaban J connectivity index is 1.46. The molecule has 0 radical (unpaired) electrons. The van der Waals surface area contributed by atoms with Gasteiger partial charge in [0.25, 0.3) is 0 Å². The topological polar surface area (TPSA) is 45.1 Å². The summed E-state index contributed by atoms with van der Waals surface area (Å²) in [6.45, 7) is 7.95. The molecule has 5 nitrogen and oxygen atoms in total. The van der Waals surface area contributed by atoms with Crippen LogP contribution >= 0.6 is 0 Å². The highest BCUT2D eigenvalue weighted by Crippen LogP contribution is 2.50. The van der Waals surface area contributed by atoms with Crippen LogP contribution in [0.25, 0.3) is 0 Å². The Hall–Kier alpha value is -1.36. The van der Waals surface area contributed by atoms with Crippen molar-refractivity contribution in [2.75, 3.05) is 40.3 Å². The van der Waals surface area contributed by atoms with E-state index in [-0.39, 0.29) is 6.09 Å². The van der Waals surface area contributed by atoms with Gasteiger partial charge in [-0.25, -0.2) is 4.79 Å². The van der Waals surface area contributed by atoms with Crippen LogP contribution in [0.5, 0.6) is 0 Å². The molecule has 0 aromatic rings. The van der Waals surface area contributed by atoms with Crippen LogP contribution in [0, 0.1) is 11.3 Å². The Labute approximate surface area is 139 Å². The van der Waals surface area contributed by atoms with Crippen LogP contribution in [0.3, 0.4) is 0 Å². The zero-order valence-corrected chi connectivity index (χ0v) is 14.5. The van der Waals surface area contributed by atoms with Gasteiger partial charge in [-0.1, -0.05) is 6.58 Å². The van der Waals surface area contributed by atoms with Gasteiger partial charge < -0.3 is 14.5 Å². The monoisotopic (exact) mass is 319 g/mol. The predicted octanol–water partition coefficient (Wildman–Crippen LogP) is 2.58. The van der Waals surface area contributed by atoms with E-state index in [0.29, 0.717) is 17.4 Å². The fraction of sp³-hybridized carbons (Fsp3) is 0.778. The first-order valence-corrected chi connectivity index (χ1v) is 8.77. The van der Waals surface area contributed by atoms with E-state index in [0.717, 1.165) is 19.5 Å². The van der Waals surface area contributed by atoms with Gasteiger partial charge >= 0.3 is 6.09 Å². The van der Waals surface area contributed by atoms with Crippen LogP contribution in [0.4, 0.5) is 4.79 Å². The molecule has 2 heterocycles. The molecule has 2 aliphatic heterocycles. The van der Waals surface area contributed by atoms with Crippen molar-refractivity contribution in [3.05, 3.63) is 12.7 Å². The standard InChI is InChI=1S/C18H29N3O2/c1-4-16(19-2)14-5-8-20(9-6-14)15-11-18(12-15)7-10-21(13-18)17(22)23-3/h4,14-15H,1,5-13H2,2-3H3. The summed E-state index contributed by atoms with van der Waals surface area (Å²) in [5, 5.41) is 0. The van der Waals surface area contributed by atoms with Gasteiger partial charge in [-0.3, -0.25) is 4.99 Å². The van der Waals surface area contributed by atoms with E-state index in [2.05, 4.69) is 16.5 Å². The van der Waals surface area contributed by atoms with Crippen molar-refractivity contribution in [1.29, 1.82) is 0 Å². The van der Waals surface area contributed by atoms with Crippen molar-refractivity contribution in [1.82, 2.24) is 9.80 Å². The second-order valence-electron chi connectivity index (χ2n) is 7.37. The Morgan fingerprint density at radius 2 is 2.00 bits per heavy atom. The molecule has 2 saturated heterocycles. The van der Waals surface area contributed by atoms with E-state index in [1.165, 1.54) is 51.6 Å². The summed E-state index contributed by atoms with van der Waals surface area (Å²) >= 11 is 0. The maximum atomic E-state index is 11.7. The molecular formula is C18H29N3O2. The number of allylic oxidation sites excluding steroid dienone is 1. The second kappa shape index (κ2) is 6.63. The average Bonchev–Trinajstić information content (AvgIpc) is 3.00. The minimum atomic E-state index is -0.165. The molecule has 1 aliphatic carbocycles. The largest absolute Gasteiger partial charge is 0.453 e.